The third-order valence-electron chi connectivity index (χ3n) is 2.73. The van der Waals surface area contributed by atoms with Crippen LogP contribution in [0.1, 0.15) is 12.7 Å². The van der Waals surface area contributed by atoms with E-state index >= 15 is 0 Å². The van der Waals surface area contributed by atoms with Crippen molar-refractivity contribution >= 4 is 5.82 Å². The van der Waals surface area contributed by atoms with Crippen molar-refractivity contribution in [3.8, 4) is 17.0 Å². The Morgan fingerprint density at radius 1 is 1.19 bits per heavy atom. The summed E-state index contributed by atoms with van der Waals surface area (Å²) in [6.07, 6.45) is -4.17. The van der Waals surface area contributed by atoms with E-state index in [1.165, 1.54) is 18.2 Å². The van der Waals surface area contributed by atoms with Crippen molar-refractivity contribution in [3.63, 3.8) is 0 Å². The summed E-state index contributed by atoms with van der Waals surface area (Å²) in [5.74, 6) is 0.796. The van der Waals surface area contributed by atoms with Gasteiger partial charge in [-0.2, -0.15) is 0 Å². The maximum absolute atomic E-state index is 12.5. The molecular weight excluding hydrogens is 283 g/mol. The average Bonchev–Trinajstić information content (AvgIpc) is 2.45. The monoisotopic (exact) mass is 297 g/mol. The van der Waals surface area contributed by atoms with E-state index in [-0.39, 0.29) is 11.3 Å². The molecule has 0 fully saturated rings. The Balaban J connectivity index is 2.51. The molecule has 0 saturated heterocycles. The molecule has 112 valence electrons. The van der Waals surface area contributed by atoms with E-state index < -0.39 is 6.36 Å². The minimum Gasteiger partial charge on any atom is -0.405 e. The van der Waals surface area contributed by atoms with E-state index in [0.29, 0.717) is 23.8 Å². The molecule has 0 radical (unpaired) electrons. The third kappa shape index (κ3) is 3.84. The molecule has 2 rings (SSSR count). The average molecular weight is 297 g/mol. The van der Waals surface area contributed by atoms with E-state index in [1.807, 2.05) is 6.92 Å². The Labute approximate surface area is 120 Å². The predicted molar refractivity (Wildman–Crippen MR) is 73.1 cm³/mol. The number of benzene rings is 1. The quantitative estimate of drug-likeness (QED) is 0.936. The first-order valence-corrected chi connectivity index (χ1v) is 6.33. The fourth-order valence-corrected chi connectivity index (χ4v) is 1.81. The van der Waals surface area contributed by atoms with Crippen LogP contribution >= 0.6 is 0 Å². The summed E-state index contributed by atoms with van der Waals surface area (Å²) in [4.78, 5) is 8.48. The van der Waals surface area contributed by atoms with Crippen LogP contribution in [0.4, 0.5) is 19.0 Å². The van der Waals surface area contributed by atoms with Gasteiger partial charge < -0.3 is 10.1 Å². The molecule has 1 aromatic carbocycles. The van der Waals surface area contributed by atoms with Gasteiger partial charge in [-0.15, -0.1) is 13.2 Å². The zero-order valence-electron chi connectivity index (χ0n) is 11.5. The predicted octanol–water partition coefficient (Wildman–Crippen LogP) is 3.65. The number of hydrogen-bond acceptors (Lipinski definition) is 4. The summed E-state index contributed by atoms with van der Waals surface area (Å²) in [7, 11) is 1.68. The van der Waals surface area contributed by atoms with Gasteiger partial charge in [0.05, 0.1) is 5.69 Å². The van der Waals surface area contributed by atoms with Crippen molar-refractivity contribution in [2.45, 2.75) is 19.7 Å². The van der Waals surface area contributed by atoms with E-state index in [9.17, 15) is 13.2 Å². The van der Waals surface area contributed by atoms with Gasteiger partial charge >= 0.3 is 6.36 Å². The largest absolute Gasteiger partial charge is 0.573 e. The van der Waals surface area contributed by atoms with Crippen LogP contribution in [0.5, 0.6) is 5.75 Å². The summed E-state index contributed by atoms with van der Waals surface area (Å²) >= 11 is 0. The minimum atomic E-state index is -4.75. The Morgan fingerprint density at radius 3 is 2.52 bits per heavy atom. The van der Waals surface area contributed by atoms with E-state index in [1.54, 1.807) is 19.2 Å². The van der Waals surface area contributed by atoms with Crippen molar-refractivity contribution in [1.82, 2.24) is 9.97 Å². The second-order valence-electron chi connectivity index (χ2n) is 4.20. The number of hydrogen-bond donors (Lipinski definition) is 1. The molecule has 0 unspecified atom stereocenters. The molecule has 0 saturated carbocycles. The van der Waals surface area contributed by atoms with Crippen LogP contribution in [0.15, 0.2) is 30.3 Å². The van der Waals surface area contributed by atoms with Crippen LogP contribution in [0, 0.1) is 0 Å². The van der Waals surface area contributed by atoms with Crippen LogP contribution in [0.3, 0.4) is 0 Å². The van der Waals surface area contributed by atoms with Crippen LogP contribution < -0.4 is 10.1 Å². The summed E-state index contributed by atoms with van der Waals surface area (Å²) in [6.45, 7) is 1.87. The second-order valence-corrected chi connectivity index (χ2v) is 4.20. The molecule has 0 aliphatic carbocycles. The Bertz CT molecular complexity index is 607. The lowest BCUT2D eigenvalue weighted by molar-refractivity contribution is -0.274. The van der Waals surface area contributed by atoms with Gasteiger partial charge in [-0.1, -0.05) is 19.1 Å². The van der Waals surface area contributed by atoms with Crippen molar-refractivity contribution in [2.24, 2.45) is 0 Å². The normalized spacial score (nSPS) is 11.3. The fraction of sp³-hybridized carbons (Fsp3) is 0.286. The minimum absolute atomic E-state index is 0.267. The lowest BCUT2D eigenvalue weighted by Crippen LogP contribution is -2.17. The highest BCUT2D eigenvalue weighted by Crippen LogP contribution is 2.33. The van der Waals surface area contributed by atoms with Crippen molar-refractivity contribution in [3.05, 3.63) is 36.2 Å². The highest BCUT2D eigenvalue weighted by molar-refractivity contribution is 5.69. The molecule has 0 spiro atoms. The van der Waals surface area contributed by atoms with E-state index in [2.05, 4.69) is 20.0 Å². The van der Waals surface area contributed by atoms with Gasteiger partial charge in [0.1, 0.15) is 17.4 Å². The number of aromatic nitrogens is 2. The van der Waals surface area contributed by atoms with Crippen molar-refractivity contribution in [1.29, 1.82) is 0 Å². The second kappa shape index (κ2) is 5.99. The van der Waals surface area contributed by atoms with Gasteiger partial charge in [-0.05, 0) is 12.1 Å². The molecule has 1 aromatic heterocycles. The van der Waals surface area contributed by atoms with Gasteiger partial charge in [0, 0.05) is 25.1 Å². The van der Waals surface area contributed by atoms with Crippen LogP contribution in [-0.2, 0) is 6.42 Å². The summed E-state index contributed by atoms with van der Waals surface area (Å²) < 4.78 is 41.4. The van der Waals surface area contributed by atoms with Gasteiger partial charge in [-0.3, -0.25) is 0 Å². The number of anilines is 1. The molecule has 2 aromatic rings. The van der Waals surface area contributed by atoms with Gasteiger partial charge in [0.15, 0.2) is 0 Å². The molecule has 1 heterocycles. The number of nitrogens with zero attached hydrogens (tertiary/aromatic N) is 2. The molecule has 21 heavy (non-hydrogen) atoms. The number of aryl methyl sites for hydroxylation is 1. The summed E-state index contributed by atoms with van der Waals surface area (Å²) in [5.41, 5.74) is 0.648. The highest BCUT2D eigenvalue weighted by Gasteiger charge is 2.32. The first kappa shape index (κ1) is 15.1. The molecule has 4 nitrogen and oxygen atoms in total. The zero-order valence-corrected chi connectivity index (χ0v) is 11.5. The smallest absolute Gasteiger partial charge is 0.405 e. The van der Waals surface area contributed by atoms with Gasteiger partial charge in [-0.25, -0.2) is 9.97 Å². The number of halogens is 3. The molecule has 1 N–H and O–H groups in total. The fourth-order valence-electron chi connectivity index (χ4n) is 1.81. The number of rotatable bonds is 4. The molecule has 0 bridgehead atoms. The van der Waals surface area contributed by atoms with Gasteiger partial charge in [0.25, 0.3) is 0 Å². The molecule has 0 amide bonds. The molecule has 0 aliphatic rings. The maximum Gasteiger partial charge on any atom is 0.573 e. The lowest BCUT2D eigenvalue weighted by atomic mass is 10.1. The Morgan fingerprint density at radius 2 is 1.90 bits per heavy atom. The lowest BCUT2D eigenvalue weighted by Gasteiger charge is -2.13. The zero-order chi connectivity index (χ0) is 15.5. The molecule has 0 atom stereocenters. The molecule has 7 heteroatoms. The molecular formula is C14H14F3N3O. The van der Waals surface area contributed by atoms with E-state index in [0.717, 1.165) is 0 Å². The van der Waals surface area contributed by atoms with E-state index in [4.69, 9.17) is 0 Å². The first-order chi connectivity index (χ1) is 9.93. The maximum atomic E-state index is 12.5. The Hall–Kier alpha value is -2.31. The standard InChI is InChI=1S/C14H14F3N3O/c1-3-12-19-10(8-13(18-2)20-12)9-6-4-5-7-11(9)21-14(15,16)17/h4-8H,3H2,1-2H3,(H,18,19,20). The SMILES string of the molecule is CCc1nc(NC)cc(-c2ccccc2OC(F)(F)F)n1. The van der Waals surface area contributed by atoms with Crippen LogP contribution in [-0.4, -0.2) is 23.4 Å². The first-order valence-electron chi connectivity index (χ1n) is 6.33. The van der Waals surface area contributed by atoms with Crippen LogP contribution in [0.25, 0.3) is 11.3 Å². The Kier molecular flexibility index (Phi) is 4.30. The highest BCUT2D eigenvalue weighted by atomic mass is 19.4. The van der Waals surface area contributed by atoms with Crippen molar-refractivity contribution < 1.29 is 17.9 Å². The van der Waals surface area contributed by atoms with Gasteiger partial charge in [0.2, 0.25) is 0 Å². The third-order valence-corrected chi connectivity index (χ3v) is 2.73. The van der Waals surface area contributed by atoms with Crippen molar-refractivity contribution in [2.75, 3.05) is 12.4 Å². The molecule has 0 aliphatic heterocycles. The van der Waals surface area contributed by atoms with Crippen LogP contribution in [0.2, 0.25) is 0 Å². The topological polar surface area (TPSA) is 47.0 Å². The number of para-hydroxylation sites is 1. The number of ether oxygens (including phenoxy) is 1. The summed E-state index contributed by atoms with van der Waals surface area (Å²) in [6, 6.07) is 7.48. The summed E-state index contributed by atoms with van der Waals surface area (Å²) in [5, 5.41) is 2.87. The number of alkyl halides is 3. The number of nitrogens with one attached hydrogen (secondary N) is 1.